The van der Waals surface area contributed by atoms with Crippen molar-refractivity contribution in [3.63, 3.8) is 0 Å². The topological polar surface area (TPSA) is 51.8 Å². The van der Waals surface area contributed by atoms with Crippen molar-refractivity contribution < 1.29 is 0 Å². The molecule has 1 aromatic heterocycles. The van der Waals surface area contributed by atoms with Gasteiger partial charge in [0, 0.05) is 0 Å². The van der Waals surface area contributed by atoms with Gasteiger partial charge < -0.3 is 5.73 Å². The molecule has 3 nitrogen and oxygen atoms in total. The maximum Gasteiger partial charge on any atom is 0.146 e. The lowest BCUT2D eigenvalue weighted by Crippen LogP contribution is -2.01. The van der Waals surface area contributed by atoms with Crippen molar-refractivity contribution in [2.45, 2.75) is 20.3 Å². The smallest absolute Gasteiger partial charge is 0.146 e. The number of hydrogen-bond donors (Lipinski definition) is 1. The van der Waals surface area contributed by atoms with Crippen molar-refractivity contribution in [3.05, 3.63) is 16.5 Å². The van der Waals surface area contributed by atoms with Crippen LogP contribution in [0.1, 0.15) is 18.4 Å². The predicted molar refractivity (Wildman–Crippen MR) is 45.6 cm³/mol. The Morgan fingerprint density at radius 1 is 1.45 bits per heavy atom. The monoisotopic (exact) mass is 171 g/mol. The summed E-state index contributed by atoms with van der Waals surface area (Å²) in [6, 6.07) is 0. The summed E-state index contributed by atoms with van der Waals surface area (Å²) in [5.74, 6) is 1.04. The molecule has 0 bridgehead atoms. The van der Waals surface area contributed by atoms with Crippen LogP contribution in [0.3, 0.4) is 0 Å². The normalized spacial score (nSPS) is 10.1. The minimum atomic E-state index is 0.371. The molecular weight excluding hydrogens is 162 g/mol. The molecule has 0 aliphatic heterocycles. The summed E-state index contributed by atoms with van der Waals surface area (Å²) in [5, 5.41) is 0.484. The third kappa shape index (κ3) is 1.60. The van der Waals surface area contributed by atoms with Gasteiger partial charge in [-0.15, -0.1) is 0 Å². The summed E-state index contributed by atoms with van der Waals surface area (Å²) < 4.78 is 0. The molecular formula is C7H10ClN3. The van der Waals surface area contributed by atoms with E-state index in [0.29, 0.717) is 16.7 Å². The Morgan fingerprint density at radius 3 is 2.64 bits per heavy atom. The number of nitrogen functional groups attached to an aromatic ring is 1. The maximum atomic E-state index is 5.82. The van der Waals surface area contributed by atoms with Crippen LogP contribution in [-0.4, -0.2) is 9.97 Å². The number of nitrogens with two attached hydrogens (primary N) is 1. The van der Waals surface area contributed by atoms with Crippen LogP contribution in [0.25, 0.3) is 0 Å². The van der Waals surface area contributed by atoms with Crippen LogP contribution in [0.5, 0.6) is 0 Å². The zero-order valence-corrected chi connectivity index (χ0v) is 7.31. The van der Waals surface area contributed by atoms with E-state index in [9.17, 15) is 0 Å². The molecule has 0 amide bonds. The van der Waals surface area contributed by atoms with E-state index in [0.717, 1.165) is 12.1 Å². The fraction of sp³-hybridized carbons (Fsp3) is 0.429. The standard InChI is InChI=1S/C7H10ClN3/c1-3-5-6(8)7(9)11-4(2)10-5/h3H2,1-2H3,(H2,9,10,11). The summed E-state index contributed by atoms with van der Waals surface area (Å²) in [6.45, 7) is 3.78. The molecule has 0 aliphatic carbocycles. The molecule has 0 saturated carbocycles. The summed E-state index contributed by atoms with van der Waals surface area (Å²) in [6.07, 6.45) is 0.784. The first-order valence-corrected chi connectivity index (χ1v) is 3.81. The summed E-state index contributed by atoms with van der Waals surface area (Å²) >= 11 is 5.82. The summed E-state index contributed by atoms with van der Waals surface area (Å²) in [4.78, 5) is 8.05. The highest BCUT2D eigenvalue weighted by molar-refractivity contribution is 6.33. The quantitative estimate of drug-likeness (QED) is 0.698. The van der Waals surface area contributed by atoms with Gasteiger partial charge in [0.1, 0.15) is 16.7 Å². The Balaban J connectivity index is 3.24. The van der Waals surface area contributed by atoms with E-state index in [1.165, 1.54) is 0 Å². The Bertz CT molecular complexity index is 273. The molecule has 0 fully saturated rings. The van der Waals surface area contributed by atoms with Gasteiger partial charge in [-0.2, -0.15) is 0 Å². The van der Waals surface area contributed by atoms with Crippen LogP contribution >= 0.6 is 11.6 Å². The number of aryl methyl sites for hydroxylation is 2. The van der Waals surface area contributed by atoms with Crippen LogP contribution in [0.15, 0.2) is 0 Å². The second-order valence-corrected chi connectivity index (χ2v) is 2.65. The molecule has 1 heterocycles. The van der Waals surface area contributed by atoms with Crippen LogP contribution in [0.4, 0.5) is 5.82 Å². The van der Waals surface area contributed by atoms with Crippen LogP contribution in [0.2, 0.25) is 5.02 Å². The molecule has 11 heavy (non-hydrogen) atoms. The number of rotatable bonds is 1. The molecule has 0 unspecified atom stereocenters. The van der Waals surface area contributed by atoms with Crippen LogP contribution in [-0.2, 0) is 6.42 Å². The minimum Gasteiger partial charge on any atom is -0.382 e. The third-order valence-electron chi connectivity index (χ3n) is 1.39. The number of halogens is 1. The highest BCUT2D eigenvalue weighted by Gasteiger charge is 2.05. The van der Waals surface area contributed by atoms with Crippen molar-refractivity contribution in [2.24, 2.45) is 0 Å². The highest BCUT2D eigenvalue weighted by Crippen LogP contribution is 2.19. The SMILES string of the molecule is CCc1nc(C)nc(N)c1Cl. The first-order chi connectivity index (χ1) is 5.15. The van der Waals surface area contributed by atoms with E-state index < -0.39 is 0 Å². The molecule has 4 heteroatoms. The van der Waals surface area contributed by atoms with Gasteiger partial charge in [0.25, 0.3) is 0 Å². The van der Waals surface area contributed by atoms with Gasteiger partial charge in [-0.05, 0) is 13.3 Å². The van der Waals surface area contributed by atoms with Gasteiger partial charge in [0.15, 0.2) is 0 Å². The first-order valence-electron chi connectivity index (χ1n) is 3.43. The average molecular weight is 172 g/mol. The van der Waals surface area contributed by atoms with E-state index >= 15 is 0 Å². The second kappa shape index (κ2) is 3.05. The van der Waals surface area contributed by atoms with Gasteiger partial charge in [0.05, 0.1) is 5.69 Å². The van der Waals surface area contributed by atoms with Gasteiger partial charge in [0.2, 0.25) is 0 Å². The van der Waals surface area contributed by atoms with Gasteiger partial charge in [-0.1, -0.05) is 18.5 Å². The molecule has 0 aromatic carbocycles. The lowest BCUT2D eigenvalue weighted by atomic mass is 10.3. The largest absolute Gasteiger partial charge is 0.382 e. The summed E-state index contributed by atoms with van der Waals surface area (Å²) in [5.41, 5.74) is 6.33. The summed E-state index contributed by atoms with van der Waals surface area (Å²) in [7, 11) is 0. The third-order valence-corrected chi connectivity index (χ3v) is 1.80. The van der Waals surface area contributed by atoms with Crippen molar-refractivity contribution in [1.82, 2.24) is 9.97 Å². The van der Waals surface area contributed by atoms with Gasteiger partial charge in [-0.3, -0.25) is 0 Å². The average Bonchev–Trinajstić information content (AvgIpc) is 1.96. The zero-order valence-electron chi connectivity index (χ0n) is 6.56. The van der Waals surface area contributed by atoms with Crippen molar-refractivity contribution in [3.8, 4) is 0 Å². The molecule has 1 rings (SSSR count). The molecule has 1 aromatic rings. The molecule has 0 radical (unpaired) electrons. The molecule has 60 valence electrons. The Labute approximate surface area is 70.6 Å². The lowest BCUT2D eigenvalue weighted by Gasteiger charge is -2.03. The number of nitrogens with zero attached hydrogens (tertiary/aromatic N) is 2. The predicted octanol–water partition coefficient (Wildman–Crippen LogP) is 1.58. The fourth-order valence-electron chi connectivity index (χ4n) is 0.875. The Hall–Kier alpha value is -0.830. The van der Waals surface area contributed by atoms with E-state index in [2.05, 4.69) is 9.97 Å². The Morgan fingerprint density at radius 2 is 2.09 bits per heavy atom. The number of anilines is 1. The van der Waals surface area contributed by atoms with Gasteiger partial charge >= 0.3 is 0 Å². The zero-order chi connectivity index (χ0) is 8.43. The minimum absolute atomic E-state index is 0.371. The van der Waals surface area contributed by atoms with Crippen molar-refractivity contribution >= 4 is 17.4 Å². The molecule has 0 aliphatic rings. The first kappa shape index (κ1) is 8.27. The molecule has 2 N–H and O–H groups in total. The van der Waals surface area contributed by atoms with Crippen molar-refractivity contribution in [1.29, 1.82) is 0 Å². The van der Waals surface area contributed by atoms with E-state index in [1.807, 2.05) is 6.92 Å². The van der Waals surface area contributed by atoms with Crippen molar-refractivity contribution in [2.75, 3.05) is 5.73 Å². The maximum absolute atomic E-state index is 5.82. The molecule has 0 saturated heterocycles. The van der Waals surface area contributed by atoms with E-state index in [1.54, 1.807) is 6.92 Å². The highest BCUT2D eigenvalue weighted by atomic mass is 35.5. The Kier molecular flexibility index (Phi) is 2.29. The lowest BCUT2D eigenvalue weighted by molar-refractivity contribution is 0.955. The number of hydrogen-bond acceptors (Lipinski definition) is 3. The second-order valence-electron chi connectivity index (χ2n) is 2.27. The van der Waals surface area contributed by atoms with E-state index in [-0.39, 0.29) is 0 Å². The van der Waals surface area contributed by atoms with Gasteiger partial charge in [-0.25, -0.2) is 9.97 Å². The van der Waals surface area contributed by atoms with Crippen LogP contribution in [0, 0.1) is 6.92 Å². The van der Waals surface area contributed by atoms with E-state index in [4.69, 9.17) is 17.3 Å². The fourth-order valence-corrected chi connectivity index (χ4v) is 1.09. The van der Waals surface area contributed by atoms with Crippen LogP contribution < -0.4 is 5.73 Å². The molecule has 0 spiro atoms. The molecule has 0 atom stereocenters. The number of aromatic nitrogens is 2.